The number of benzene rings is 1. The molecule has 5 heteroatoms. The van der Waals surface area contributed by atoms with Crippen LogP contribution in [-0.4, -0.2) is 28.1 Å². The molecule has 0 aromatic heterocycles. The minimum absolute atomic E-state index is 0.0576. The normalized spacial score (nSPS) is 25.2. The Hall–Kier alpha value is -0.910. The van der Waals surface area contributed by atoms with Gasteiger partial charge in [0.05, 0.1) is 12.6 Å². The minimum atomic E-state index is -1.10. The maximum Gasteiger partial charge on any atom is 0.162 e. The first-order valence-corrected chi connectivity index (χ1v) is 8.90. The van der Waals surface area contributed by atoms with Crippen LogP contribution in [0.1, 0.15) is 45.1 Å². The third-order valence-electron chi connectivity index (χ3n) is 4.35. The highest BCUT2D eigenvalue weighted by atomic mass is 32.2. The van der Waals surface area contributed by atoms with Gasteiger partial charge in [-0.1, -0.05) is 26.7 Å². The van der Waals surface area contributed by atoms with Crippen LogP contribution in [0.15, 0.2) is 17.0 Å². The van der Waals surface area contributed by atoms with Crippen molar-refractivity contribution in [2.45, 2.75) is 56.5 Å². The summed E-state index contributed by atoms with van der Waals surface area (Å²) in [5, 5.41) is 13.5. The van der Waals surface area contributed by atoms with Crippen LogP contribution in [-0.2, 0) is 17.7 Å². The standard InChI is InChI=1S/C16H25NO3S/c1-4-6-7-16(5-2)11-21(19)15-9-13(18)14(20-3)8-12(15)10-17-16/h8-9,17-18H,4-7,10-11H2,1-3H3/t16-,21?/m1/s1. The van der Waals surface area contributed by atoms with Crippen LogP contribution >= 0.6 is 0 Å². The molecular weight excluding hydrogens is 286 g/mol. The molecule has 4 nitrogen and oxygen atoms in total. The van der Waals surface area contributed by atoms with Crippen molar-refractivity contribution >= 4 is 11.2 Å². The van der Waals surface area contributed by atoms with E-state index in [9.17, 15) is 9.66 Å². The number of unbranched alkanes of at least 4 members (excludes halogenated alkanes) is 1. The molecule has 0 saturated carbocycles. The first kappa shape index (κ1) is 16.5. The molecule has 0 aliphatic carbocycles. The third-order valence-corrected chi connectivity index (χ3v) is 6.04. The van der Waals surface area contributed by atoms with Gasteiger partial charge in [0.1, 0.15) is 5.75 Å². The van der Waals surface area contributed by atoms with Gasteiger partial charge in [0.25, 0.3) is 0 Å². The lowest BCUT2D eigenvalue weighted by Crippen LogP contribution is -2.48. The van der Waals surface area contributed by atoms with Crippen LogP contribution in [0.25, 0.3) is 0 Å². The van der Waals surface area contributed by atoms with Gasteiger partial charge in [0.15, 0.2) is 16.4 Å². The number of methoxy groups -OCH3 is 1. The first-order valence-electron chi connectivity index (χ1n) is 7.58. The number of phenols is 1. The summed E-state index contributed by atoms with van der Waals surface area (Å²) in [5.41, 5.74) is 0.873. The summed E-state index contributed by atoms with van der Waals surface area (Å²) in [6.07, 6.45) is 4.25. The summed E-state index contributed by atoms with van der Waals surface area (Å²) < 4.78 is 17.9. The average molecular weight is 311 g/mol. The fourth-order valence-electron chi connectivity index (χ4n) is 2.85. The van der Waals surface area contributed by atoms with E-state index in [0.29, 0.717) is 18.0 Å². The quantitative estimate of drug-likeness (QED) is 0.821. The monoisotopic (exact) mass is 311 g/mol. The minimum Gasteiger partial charge on any atom is -0.611 e. The Kier molecular flexibility index (Phi) is 5.41. The predicted octanol–water partition coefficient (Wildman–Crippen LogP) is 2.95. The highest BCUT2D eigenvalue weighted by Gasteiger charge is 2.37. The zero-order chi connectivity index (χ0) is 15.5. The van der Waals surface area contributed by atoms with E-state index in [1.165, 1.54) is 7.11 Å². The van der Waals surface area contributed by atoms with Crippen molar-refractivity contribution in [3.63, 3.8) is 0 Å². The van der Waals surface area contributed by atoms with Gasteiger partial charge in [-0.25, -0.2) is 0 Å². The second kappa shape index (κ2) is 6.90. The number of fused-ring (bicyclic) bond motifs is 1. The summed E-state index contributed by atoms with van der Waals surface area (Å²) in [4.78, 5) is 0.729. The number of phenolic OH excluding ortho intramolecular Hbond substituents is 1. The van der Waals surface area contributed by atoms with Gasteiger partial charge in [-0.3, -0.25) is 0 Å². The highest BCUT2D eigenvalue weighted by Crippen LogP contribution is 2.36. The molecule has 2 atom stereocenters. The zero-order valence-corrected chi connectivity index (χ0v) is 13.9. The number of hydrogen-bond donors (Lipinski definition) is 2. The summed E-state index contributed by atoms with van der Waals surface area (Å²) in [6, 6.07) is 3.39. The molecule has 0 spiro atoms. The van der Waals surface area contributed by atoms with Crippen molar-refractivity contribution in [3.05, 3.63) is 17.7 Å². The van der Waals surface area contributed by atoms with Gasteiger partial charge in [0.2, 0.25) is 0 Å². The van der Waals surface area contributed by atoms with E-state index >= 15 is 0 Å². The molecule has 21 heavy (non-hydrogen) atoms. The van der Waals surface area contributed by atoms with Gasteiger partial charge >= 0.3 is 0 Å². The van der Waals surface area contributed by atoms with E-state index < -0.39 is 11.2 Å². The lowest BCUT2D eigenvalue weighted by Gasteiger charge is -2.31. The second-order valence-corrected chi connectivity index (χ2v) is 7.13. The Bertz CT molecular complexity index is 495. The molecule has 0 saturated heterocycles. The lowest BCUT2D eigenvalue weighted by molar-refractivity contribution is 0.313. The highest BCUT2D eigenvalue weighted by molar-refractivity contribution is 7.91. The SMILES string of the molecule is CCCC[C@]1(CC)C[S+]([O-])c2cc(O)c(OC)cc2CN1. The molecule has 2 rings (SSSR count). The fraction of sp³-hybridized carbons (Fsp3) is 0.625. The Morgan fingerprint density at radius 1 is 1.43 bits per heavy atom. The Balaban J connectivity index is 2.31. The summed E-state index contributed by atoms with van der Waals surface area (Å²) >= 11 is -1.10. The van der Waals surface area contributed by atoms with Crippen LogP contribution in [0.4, 0.5) is 0 Å². The second-order valence-electron chi connectivity index (χ2n) is 5.71. The molecule has 0 radical (unpaired) electrons. The largest absolute Gasteiger partial charge is 0.611 e. The molecule has 1 aromatic rings. The molecule has 0 amide bonds. The Labute approximate surface area is 130 Å². The van der Waals surface area contributed by atoms with E-state index in [0.717, 1.165) is 36.1 Å². The Morgan fingerprint density at radius 2 is 2.19 bits per heavy atom. The van der Waals surface area contributed by atoms with Crippen molar-refractivity contribution in [2.24, 2.45) is 0 Å². The molecular formula is C16H25NO3S. The van der Waals surface area contributed by atoms with E-state index in [1.807, 2.05) is 0 Å². The molecule has 1 aliphatic rings. The van der Waals surface area contributed by atoms with Gasteiger partial charge < -0.3 is 19.7 Å². The molecule has 1 aromatic carbocycles. The summed E-state index contributed by atoms with van der Waals surface area (Å²) in [7, 11) is 1.53. The molecule has 1 aliphatic heterocycles. The summed E-state index contributed by atoms with van der Waals surface area (Å²) in [6.45, 7) is 4.98. The van der Waals surface area contributed by atoms with Gasteiger partial charge in [-0.2, -0.15) is 0 Å². The van der Waals surface area contributed by atoms with E-state index in [4.69, 9.17) is 4.74 Å². The Morgan fingerprint density at radius 3 is 2.81 bits per heavy atom. The van der Waals surface area contributed by atoms with Gasteiger partial charge in [-0.15, -0.1) is 0 Å². The van der Waals surface area contributed by atoms with Crippen LogP contribution in [0.5, 0.6) is 11.5 Å². The lowest BCUT2D eigenvalue weighted by atomic mass is 9.91. The zero-order valence-electron chi connectivity index (χ0n) is 13.1. The van der Waals surface area contributed by atoms with E-state index in [-0.39, 0.29) is 11.3 Å². The van der Waals surface area contributed by atoms with Crippen molar-refractivity contribution in [2.75, 3.05) is 12.9 Å². The number of hydrogen-bond acceptors (Lipinski definition) is 4. The van der Waals surface area contributed by atoms with E-state index in [1.54, 1.807) is 12.1 Å². The molecule has 1 heterocycles. The van der Waals surface area contributed by atoms with Crippen LogP contribution in [0, 0.1) is 0 Å². The number of rotatable bonds is 5. The topological polar surface area (TPSA) is 64.5 Å². The number of nitrogens with one attached hydrogen (secondary N) is 1. The van der Waals surface area contributed by atoms with Crippen LogP contribution in [0.3, 0.4) is 0 Å². The average Bonchev–Trinajstić information content (AvgIpc) is 2.62. The third kappa shape index (κ3) is 3.47. The van der Waals surface area contributed by atoms with Gasteiger partial charge in [-0.05, 0) is 30.1 Å². The van der Waals surface area contributed by atoms with Crippen molar-refractivity contribution in [1.82, 2.24) is 5.32 Å². The van der Waals surface area contributed by atoms with Crippen LogP contribution in [0.2, 0.25) is 0 Å². The molecule has 0 bridgehead atoms. The van der Waals surface area contributed by atoms with Crippen LogP contribution < -0.4 is 10.1 Å². The molecule has 0 fully saturated rings. The van der Waals surface area contributed by atoms with Crippen molar-refractivity contribution < 1.29 is 14.4 Å². The van der Waals surface area contributed by atoms with Crippen molar-refractivity contribution in [1.29, 1.82) is 0 Å². The number of aromatic hydroxyl groups is 1. The predicted molar refractivity (Wildman–Crippen MR) is 85.3 cm³/mol. The smallest absolute Gasteiger partial charge is 0.162 e. The van der Waals surface area contributed by atoms with E-state index in [2.05, 4.69) is 19.2 Å². The van der Waals surface area contributed by atoms with Crippen molar-refractivity contribution in [3.8, 4) is 11.5 Å². The molecule has 2 N–H and O–H groups in total. The molecule has 118 valence electrons. The first-order chi connectivity index (χ1) is 10.0. The number of ether oxygens (including phenoxy) is 1. The fourth-order valence-corrected chi connectivity index (χ4v) is 4.62. The maximum absolute atomic E-state index is 12.7. The maximum atomic E-state index is 12.7. The van der Waals surface area contributed by atoms with Gasteiger partial charge in [0, 0.05) is 18.2 Å². The molecule has 1 unspecified atom stereocenters. The summed E-state index contributed by atoms with van der Waals surface area (Å²) in [5.74, 6) is 1.09.